The molecule has 1 heterocycles. The van der Waals surface area contributed by atoms with Gasteiger partial charge in [-0.2, -0.15) is 5.26 Å². The second kappa shape index (κ2) is 5.40. The van der Waals surface area contributed by atoms with Crippen LogP contribution in [0.1, 0.15) is 11.1 Å². The SMILES string of the molecule is N#C/C(=C/c1ccc(Br)cc1)c1ccc2c(c1)OCO2. The molecule has 3 nitrogen and oxygen atoms in total. The molecule has 0 unspecified atom stereocenters. The van der Waals surface area contributed by atoms with Crippen molar-refractivity contribution in [3.63, 3.8) is 0 Å². The highest BCUT2D eigenvalue weighted by molar-refractivity contribution is 9.10. The van der Waals surface area contributed by atoms with Crippen molar-refractivity contribution in [1.82, 2.24) is 0 Å². The maximum absolute atomic E-state index is 9.34. The topological polar surface area (TPSA) is 42.2 Å². The van der Waals surface area contributed by atoms with Gasteiger partial charge in [0.15, 0.2) is 11.5 Å². The van der Waals surface area contributed by atoms with E-state index in [1.807, 2.05) is 48.5 Å². The fraction of sp³-hybridized carbons (Fsp3) is 0.0625. The van der Waals surface area contributed by atoms with Crippen LogP contribution >= 0.6 is 15.9 Å². The van der Waals surface area contributed by atoms with Crippen LogP contribution in [0, 0.1) is 11.3 Å². The Kier molecular flexibility index (Phi) is 3.44. The van der Waals surface area contributed by atoms with Crippen LogP contribution in [-0.2, 0) is 0 Å². The lowest BCUT2D eigenvalue weighted by molar-refractivity contribution is 0.174. The van der Waals surface area contributed by atoms with Gasteiger partial charge in [-0.1, -0.05) is 28.1 Å². The summed E-state index contributed by atoms with van der Waals surface area (Å²) in [5.41, 5.74) is 2.38. The number of ether oxygens (including phenoxy) is 2. The minimum absolute atomic E-state index is 0.233. The Balaban J connectivity index is 1.98. The van der Waals surface area contributed by atoms with E-state index in [2.05, 4.69) is 22.0 Å². The molecule has 0 saturated heterocycles. The molecule has 0 aliphatic carbocycles. The number of allylic oxidation sites excluding steroid dienone is 1. The van der Waals surface area contributed by atoms with Crippen molar-refractivity contribution in [3.8, 4) is 17.6 Å². The summed E-state index contributed by atoms with van der Waals surface area (Å²) in [6, 6.07) is 15.5. The van der Waals surface area contributed by atoms with Crippen LogP contribution in [0.15, 0.2) is 46.9 Å². The molecule has 0 amide bonds. The van der Waals surface area contributed by atoms with Gasteiger partial charge in [-0.05, 0) is 47.5 Å². The van der Waals surface area contributed by atoms with Gasteiger partial charge in [0.25, 0.3) is 0 Å². The van der Waals surface area contributed by atoms with Gasteiger partial charge in [0.05, 0.1) is 11.6 Å². The van der Waals surface area contributed by atoms with E-state index < -0.39 is 0 Å². The number of benzene rings is 2. The normalized spacial score (nSPS) is 13.1. The lowest BCUT2D eigenvalue weighted by Gasteiger charge is -2.02. The van der Waals surface area contributed by atoms with Crippen molar-refractivity contribution in [1.29, 1.82) is 5.26 Å². The first-order valence-corrected chi connectivity index (χ1v) is 6.83. The van der Waals surface area contributed by atoms with Crippen LogP contribution < -0.4 is 9.47 Å². The third-order valence-electron chi connectivity index (χ3n) is 2.99. The number of halogens is 1. The van der Waals surface area contributed by atoms with Crippen molar-refractivity contribution in [3.05, 3.63) is 58.1 Å². The summed E-state index contributed by atoms with van der Waals surface area (Å²) >= 11 is 3.39. The molecule has 2 aromatic rings. The second-order valence-corrected chi connectivity index (χ2v) is 5.21. The predicted molar refractivity (Wildman–Crippen MR) is 80.2 cm³/mol. The van der Waals surface area contributed by atoms with Crippen LogP contribution in [0.5, 0.6) is 11.5 Å². The van der Waals surface area contributed by atoms with Gasteiger partial charge in [0.2, 0.25) is 6.79 Å². The number of hydrogen-bond acceptors (Lipinski definition) is 3. The third kappa shape index (κ3) is 2.54. The van der Waals surface area contributed by atoms with Crippen molar-refractivity contribution in [2.24, 2.45) is 0 Å². The molecule has 0 spiro atoms. The summed E-state index contributed by atoms with van der Waals surface area (Å²) in [4.78, 5) is 0. The fourth-order valence-electron chi connectivity index (χ4n) is 1.97. The summed E-state index contributed by atoms with van der Waals surface area (Å²) in [6.45, 7) is 0.233. The fourth-order valence-corrected chi connectivity index (χ4v) is 2.23. The second-order valence-electron chi connectivity index (χ2n) is 4.29. The average Bonchev–Trinajstić information content (AvgIpc) is 2.94. The average molecular weight is 328 g/mol. The largest absolute Gasteiger partial charge is 0.454 e. The smallest absolute Gasteiger partial charge is 0.231 e. The summed E-state index contributed by atoms with van der Waals surface area (Å²) in [7, 11) is 0. The van der Waals surface area contributed by atoms with Crippen molar-refractivity contribution in [2.75, 3.05) is 6.79 Å². The number of rotatable bonds is 2. The van der Waals surface area contributed by atoms with E-state index in [0.29, 0.717) is 11.3 Å². The Bertz CT molecular complexity index is 714. The summed E-state index contributed by atoms with van der Waals surface area (Å²) in [6.07, 6.45) is 1.85. The first kappa shape index (κ1) is 12.8. The molecule has 0 aromatic heterocycles. The van der Waals surface area contributed by atoms with Gasteiger partial charge in [0.1, 0.15) is 0 Å². The zero-order chi connectivity index (χ0) is 13.9. The highest BCUT2D eigenvalue weighted by Crippen LogP contribution is 2.34. The Morgan fingerprint density at radius 3 is 2.60 bits per heavy atom. The molecule has 1 aliphatic rings. The highest BCUT2D eigenvalue weighted by Gasteiger charge is 2.14. The maximum atomic E-state index is 9.34. The first-order valence-electron chi connectivity index (χ1n) is 6.03. The van der Waals surface area contributed by atoms with Crippen LogP contribution in [0.4, 0.5) is 0 Å². The van der Waals surface area contributed by atoms with Gasteiger partial charge in [0, 0.05) is 4.47 Å². The Hall–Kier alpha value is -2.25. The Morgan fingerprint density at radius 2 is 1.85 bits per heavy atom. The summed E-state index contributed by atoms with van der Waals surface area (Å²) in [5.74, 6) is 1.40. The van der Waals surface area contributed by atoms with E-state index in [9.17, 15) is 5.26 Å². The Labute approximate surface area is 125 Å². The highest BCUT2D eigenvalue weighted by atomic mass is 79.9. The molecule has 0 bridgehead atoms. The minimum Gasteiger partial charge on any atom is -0.454 e. The van der Waals surface area contributed by atoms with Crippen LogP contribution in [0.2, 0.25) is 0 Å². The van der Waals surface area contributed by atoms with Gasteiger partial charge >= 0.3 is 0 Å². The van der Waals surface area contributed by atoms with Gasteiger partial charge in [-0.15, -0.1) is 0 Å². The van der Waals surface area contributed by atoms with Crippen LogP contribution in [0.3, 0.4) is 0 Å². The van der Waals surface area contributed by atoms with E-state index >= 15 is 0 Å². The van der Waals surface area contributed by atoms with Crippen molar-refractivity contribution < 1.29 is 9.47 Å². The first-order chi connectivity index (χ1) is 9.76. The molecule has 0 fully saturated rings. The van der Waals surface area contributed by atoms with E-state index in [4.69, 9.17) is 9.47 Å². The molecule has 0 saturated carbocycles. The van der Waals surface area contributed by atoms with Gasteiger partial charge < -0.3 is 9.47 Å². The summed E-state index contributed by atoms with van der Waals surface area (Å²) in [5, 5.41) is 9.34. The van der Waals surface area contributed by atoms with Crippen LogP contribution in [0.25, 0.3) is 11.6 Å². The molecule has 3 rings (SSSR count). The third-order valence-corrected chi connectivity index (χ3v) is 3.51. The molecule has 0 N–H and O–H groups in total. The molecule has 0 atom stereocenters. The molecular formula is C16H10BrNO2. The molecule has 98 valence electrons. The number of nitrogens with zero attached hydrogens (tertiary/aromatic N) is 1. The van der Waals surface area contributed by atoms with E-state index in [-0.39, 0.29) is 6.79 Å². The van der Waals surface area contributed by atoms with Crippen LogP contribution in [-0.4, -0.2) is 6.79 Å². The number of nitriles is 1. The monoisotopic (exact) mass is 327 g/mol. The van der Waals surface area contributed by atoms with Gasteiger partial charge in [-0.3, -0.25) is 0 Å². The lowest BCUT2D eigenvalue weighted by Crippen LogP contribution is -1.92. The zero-order valence-corrected chi connectivity index (χ0v) is 12.1. The van der Waals surface area contributed by atoms with E-state index in [0.717, 1.165) is 21.3 Å². The van der Waals surface area contributed by atoms with E-state index in [1.54, 1.807) is 0 Å². The Morgan fingerprint density at radius 1 is 1.10 bits per heavy atom. The van der Waals surface area contributed by atoms with Gasteiger partial charge in [-0.25, -0.2) is 0 Å². The predicted octanol–water partition coefficient (Wildman–Crippen LogP) is 4.24. The molecule has 20 heavy (non-hydrogen) atoms. The zero-order valence-electron chi connectivity index (χ0n) is 10.5. The summed E-state index contributed by atoms with van der Waals surface area (Å²) < 4.78 is 11.6. The van der Waals surface area contributed by atoms with Crippen molar-refractivity contribution in [2.45, 2.75) is 0 Å². The molecule has 2 aromatic carbocycles. The standard InChI is InChI=1S/C16H10BrNO2/c17-14-4-1-11(2-5-14)7-13(9-18)12-3-6-15-16(8-12)20-10-19-15/h1-8H,10H2/b13-7-. The van der Waals surface area contributed by atoms with Crippen molar-refractivity contribution >= 4 is 27.6 Å². The molecule has 0 radical (unpaired) electrons. The molecule has 1 aliphatic heterocycles. The molecule has 4 heteroatoms. The quantitative estimate of drug-likeness (QED) is 0.612. The maximum Gasteiger partial charge on any atom is 0.231 e. The van der Waals surface area contributed by atoms with E-state index in [1.165, 1.54) is 0 Å². The number of hydrogen-bond donors (Lipinski definition) is 0. The minimum atomic E-state index is 0.233. The molecular weight excluding hydrogens is 318 g/mol. The number of fused-ring (bicyclic) bond motifs is 1. The lowest BCUT2D eigenvalue weighted by atomic mass is 10.0.